The Bertz CT molecular complexity index is 312. The van der Waals surface area contributed by atoms with Crippen LogP contribution in [0.4, 0.5) is 0 Å². The Balaban J connectivity index is 2.80. The fourth-order valence-electron chi connectivity index (χ4n) is 0.904. The van der Waals surface area contributed by atoms with Gasteiger partial charge in [-0.05, 0) is 18.1 Å². The van der Waals surface area contributed by atoms with Crippen LogP contribution < -0.4 is 0 Å². The Morgan fingerprint density at radius 1 is 1.43 bits per heavy atom. The van der Waals surface area contributed by atoms with Crippen LogP contribution in [-0.2, 0) is 0 Å². The molecule has 0 saturated carbocycles. The van der Waals surface area contributed by atoms with Gasteiger partial charge < -0.3 is 0 Å². The Morgan fingerprint density at radius 3 is 2.71 bits per heavy atom. The van der Waals surface area contributed by atoms with Crippen LogP contribution in [-0.4, -0.2) is 16.5 Å². The average molecular weight is 209 g/mol. The zero-order valence-electron chi connectivity index (χ0n) is 8.73. The van der Waals surface area contributed by atoms with Gasteiger partial charge in [-0.1, -0.05) is 20.8 Å². The maximum absolute atomic E-state index is 10.7. The zero-order chi connectivity index (χ0) is 10.6. The van der Waals surface area contributed by atoms with E-state index in [1.54, 1.807) is 30.1 Å². The van der Waals surface area contributed by atoms with Crippen molar-refractivity contribution >= 4 is 18.0 Å². The Morgan fingerprint density at radius 2 is 2.14 bits per heavy atom. The van der Waals surface area contributed by atoms with Crippen LogP contribution in [0.1, 0.15) is 31.1 Å². The Labute approximate surface area is 89.1 Å². The molecule has 1 aromatic rings. The molecule has 0 fully saturated rings. The highest BCUT2D eigenvalue weighted by Crippen LogP contribution is 2.27. The second-order valence-electron chi connectivity index (χ2n) is 3.58. The summed E-state index contributed by atoms with van der Waals surface area (Å²) in [5.74, 6) is 0.585. The second-order valence-corrected chi connectivity index (χ2v) is 4.95. The van der Waals surface area contributed by atoms with Gasteiger partial charge in [-0.3, -0.25) is 4.79 Å². The monoisotopic (exact) mass is 209 g/mol. The number of aldehydes is 1. The number of nitrogens with zero attached hydrogens (tertiary/aromatic N) is 1. The van der Waals surface area contributed by atoms with Gasteiger partial charge in [0.05, 0.1) is 0 Å². The van der Waals surface area contributed by atoms with E-state index in [9.17, 15) is 4.79 Å². The SMILES string of the molecule is CC(C)C(C)Sc1ncccc1C=O. The van der Waals surface area contributed by atoms with Crippen LogP contribution >= 0.6 is 11.8 Å². The summed E-state index contributed by atoms with van der Waals surface area (Å²) in [6.45, 7) is 6.49. The quantitative estimate of drug-likeness (QED) is 0.564. The van der Waals surface area contributed by atoms with Crippen LogP contribution in [0.15, 0.2) is 23.4 Å². The minimum absolute atomic E-state index is 0.476. The summed E-state index contributed by atoms with van der Waals surface area (Å²) in [6, 6.07) is 3.59. The van der Waals surface area contributed by atoms with E-state index in [-0.39, 0.29) is 0 Å². The summed E-state index contributed by atoms with van der Waals surface area (Å²) in [6.07, 6.45) is 2.59. The highest BCUT2D eigenvalue weighted by Gasteiger charge is 2.11. The van der Waals surface area contributed by atoms with E-state index in [1.807, 2.05) is 0 Å². The van der Waals surface area contributed by atoms with E-state index < -0.39 is 0 Å². The van der Waals surface area contributed by atoms with Gasteiger partial charge >= 0.3 is 0 Å². The number of pyridine rings is 1. The van der Waals surface area contributed by atoms with Gasteiger partial charge in [0.15, 0.2) is 6.29 Å². The van der Waals surface area contributed by atoms with Gasteiger partial charge in [0.2, 0.25) is 0 Å². The third kappa shape index (κ3) is 2.84. The number of carbonyl (C=O) groups excluding carboxylic acids is 1. The van der Waals surface area contributed by atoms with Crippen molar-refractivity contribution in [1.29, 1.82) is 0 Å². The van der Waals surface area contributed by atoms with Crippen LogP contribution in [0, 0.1) is 5.92 Å². The Hall–Kier alpha value is -0.830. The van der Waals surface area contributed by atoms with Gasteiger partial charge in [-0.25, -0.2) is 4.98 Å². The molecule has 1 atom stereocenters. The van der Waals surface area contributed by atoms with Crippen molar-refractivity contribution in [3.05, 3.63) is 23.9 Å². The van der Waals surface area contributed by atoms with Crippen LogP contribution in [0.3, 0.4) is 0 Å². The van der Waals surface area contributed by atoms with Crippen molar-refractivity contribution in [2.75, 3.05) is 0 Å². The van der Waals surface area contributed by atoms with E-state index in [0.717, 1.165) is 11.3 Å². The minimum atomic E-state index is 0.476. The molecule has 1 unspecified atom stereocenters. The topological polar surface area (TPSA) is 30.0 Å². The fourth-order valence-corrected chi connectivity index (χ4v) is 1.90. The highest BCUT2D eigenvalue weighted by molar-refractivity contribution is 7.99. The van der Waals surface area contributed by atoms with Gasteiger partial charge in [0.25, 0.3) is 0 Å². The molecule has 0 aliphatic rings. The van der Waals surface area contributed by atoms with E-state index in [2.05, 4.69) is 25.8 Å². The number of hydrogen-bond acceptors (Lipinski definition) is 3. The van der Waals surface area contributed by atoms with E-state index in [1.165, 1.54) is 0 Å². The van der Waals surface area contributed by atoms with Crippen molar-refractivity contribution in [3.63, 3.8) is 0 Å². The molecule has 0 aliphatic carbocycles. The van der Waals surface area contributed by atoms with Crippen molar-refractivity contribution in [3.8, 4) is 0 Å². The predicted molar refractivity (Wildman–Crippen MR) is 59.8 cm³/mol. The molecular formula is C11H15NOS. The summed E-state index contributed by atoms with van der Waals surface area (Å²) < 4.78 is 0. The molecule has 3 heteroatoms. The molecule has 1 heterocycles. The first kappa shape index (κ1) is 11.2. The number of aromatic nitrogens is 1. The summed E-state index contributed by atoms with van der Waals surface area (Å²) >= 11 is 1.66. The predicted octanol–water partition coefficient (Wildman–Crippen LogP) is 3.03. The molecule has 0 aliphatic heterocycles. The molecule has 1 rings (SSSR count). The van der Waals surface area contributed by atoms with Crippen molar-refractivity contribution < 1.29 is 4.79 Å². The number of carbonyl (C=O) groups is 1. The van der Waals surface area contributed by atoms with Crippen LogP contribution in [0.25, 0.3) is 0 Å². The van der Waals surface area contributed by atoms with Gasteiger partial charge in [0.1, 0.15) is 5.03 Å². The average Bonchev–Trinajstić information content (AvgIpc) is 2.18. The van der Waals surface area contributed by atoms with Gasteiger partial charge in [-0.2, -0.15) is 0 Å². The number of rotatable bonds is 4. The number of thioether (sulfide) groups is 1. The molecule has 0 saturated heterocycles. The molecule has 0 spiro atoms. The Kier molecular flexibility index (Phi) is 4.14. The third-order valence-corrected chi connectivity index (χ3v) is 3.64. The molecule has 1 aromatic heterocycles. The molecule has 0 N–H and O–H groups in total. The summed E-state index contributed by atoms with van der Waals surface area (Å²) in [7, 11) is 0. The van der Waals surface area contributed by atoms with E-state index in [4.69, 9.17) is 0 Å². The summed E-state index contributed by atoms with van der Waals surface area (Å²) in [4.78, 5) is 14.9. The lowest BCUT2D eigenvalue weighted by molar-refractivity contribution is 0.112. The molecule has 0 radical (unpaired) electrons. The number of hydrogen-bond donors (Lipinski definition) is 0. The smallest absolute Gasteiger partial charge is 0.152 e. The van der Waals surface area contributed by atoms with Gasteiger partial charge in [0, 0.05) is 17.0 Å². The molecule has 0 bridgehead atoms. The molecule has 0 amide bonds. The third-order valence-electron chi connectivity index (χ3n) is 2.16. The van der Waals surface area contributed by atoms with Crippen molar-refractivity contribution in [1.82, 2.24) is 4.98 Å². The highest BCUT2D eigenvalue weighted by atomic mass is 32.2. The lowest BCUT2D eigenvalue weighted by atomic mass is 10.2. The van der Waals surface area contributed by atoms with Crippen LogP contribution in [0.2, 0.25) is 0 Å². The summed E-state index contributed by atoms with van der Waals surface area (Å²) in [5.41, 5.74) is 0.685. The second kappa shape index (κ2) is 5.15. The van der Waals surface area contributed by atoms with Crippen molar-refractivity contribution in [2.24, 2.45) is 5.92 Å². The summed E-state index contributed by atoms with van der Waals surface area (Å²) in [5, 5.41) is 1.31. The molecular weight excluding hydrogens is 194 g/mol. The lowest BCUT2D eigenvalue weighted by Crippen LogP contribution is -2.06. The zero-order valence-corrected chi connectivity index (χ0v) is 9.54. The molecule has 2 nitrogen and oxygen atoms in total. The van der Waals surface area contributed by atoms with Gasteiger partial charge in [-0.15, -0.1) is 11.8 Å². The lowest BCUT2D eigenvalue weighted by Gasteiger charge is -2.14. The fraction of sp³-hybridized carbons (Fsp3) is 0.455. The normalized spacial score (nSPS) is 12.9. The van der Waals surface area contributed by atoms with Crippen molar-refractivity contribution in [2.45, 2.75) is 31.0 Å². The molecule has 0 aromatic carbocycles. The van der Waals surface area contributed by atoms with Crippen LogP contribution in [0.5, 0.6) is 0 Å². The largest absolute Gasteiger partial charge is 0.298 e. The molecule has 14 heavy (non-hydrogen) atoms. The molecule has 76 valence electrons. The van der Waals surface area contributed by atoms with E-state index in [0.29, 0.717) is 16.7 Å². The van der Waals surface area contributed by atoms with E-state index >= 15 is 0 Å². The first-order valence-electron chi connectivity index (χ1n) is 4.72. The standard InChI is InChI=1S/C11H15NOS/c1-8(2)9(3)14-11-10(7-13)5-4-6-12-11/h4-9H,1-3H3. The minimum Gasteiger partial charge on any atom is -0.298 e. The maximum atomic E-state index is 10.7. The first-order valence-corrected chi connectivity index (χ1v) is 5.60. The maximum Gasteiger partial charge on any atom is 0.152 e. The first-order chi connectivity index (χ1) is 6.65.